The number of ether oxygens (including phenoxy) is 1. The van der Waals surface area contributed by atoms with Crippen molar-refractivity contribution in [2.45, 2.75) is 40.0 Å². The van der Waals surface area contributed by atoms with Crippen LogP contribution < -0.4 is 5.32 Å². The maximum Gasteiger partial charge on any atom is 0.253 e. The van der Waals surface area contributed by atoms with Gasteiger partial charge >= 0.3 is 0 Å². The number of H-pyrrole nitrogens is 1. The Balaban J connectivity index is 1.70. The van der Waals surface area contributed by atoms with E-state index in [9.17, 15) is 4.79 Å². The van der Waals surface area contributed by atoms with Crippen LogP contribution in [0, 0.1) is 6.92 Å². The number of benzene rings is 1. The summed E-state index contributed by atoms with van der Waals surface area (Å²) in [5.41, 5.74) is 4.16. The number of fused-ring (bicyclic) bond motifs is 1. The number of aryl methyl sites for hydroxylation is 1. The van der Waals surface area contributed by atoms with Crippen LogP contribution in [0.15, 0.2) is 36.5 Å². The van der Waals surface area contributed by atoms with Crippen molar-refractivity contribution in [3.05, 3.63) is 58.9 Å². The lowest BCUT2D eigenvalue weighted by Crippen LogP contribution is -2.23. The highest BCUT2D eigenvalue weighted by atomic mass is 16.5. The van der Waals surface area contributed by atoms with Gasteiger partial charge < -0.3 is 10.1 Å². The molecule has 130 valence electrons. The quantitative estimate of drug-likeness (QED) is 0.724. The first-order chi connectivity index (χ1) is 12.0. The molecule has 0 aliphatic carbocycles. The molecule has 3 aromatic rings. The molecule has 0 spiro atoms. The first-order valence-corrected chi connectivity index (χ1v) is 8.32. The Labute approximate surface area is 146 Å². The second-order valence-corrected chi connectivity index (χ2v) is 6.25. The normalized spacial score (nSPS) is 11.2. The van der Waals surface area contributed by atoms with Gasteiger partial charge in [0.25, 0.3) is 5.91 Å². The highest BCUT2D eigenvalue weighted by Gasteiger charge is 2.11. The molecule has 0 saturated carbocycles. The van der Waals surface area contributed by atoms with Crippen LogP contribution in [0.1, 0.15) is 41.0 Å². The summed E-state index contributed by atoms with van der Waals surface area (Å²) in [7, 11) is 0. The molecule has 1 aromatic carbocycles. The van der Waals surface area contributed by atoms with E-state index in [2.05, 4.69) is 20.5 Å². The molecule has 1 amide bonds. The van der Waals surface area contributed by atoms with Crippen LogP contribution in [-0.4, -0.2) is 27.2 Å². The lowest BCUT2D eigenvalue weighted by atomic mass is 10.1. The van der Waals surface area contributed by atoms with E-state index in [1.54, 1.807) is 6.20 Å². The Bertz CT molecular complexity index is 886. The number of carbonyl (C=O) groups is 1. The molecule has 6 heteroatoms. The fraction of sp³-hybridized carbons (Fsp3) is 0.316. The lowest BCUT2D eigenvalue weighted by molar-refractivity contribution is 0.0651. The number of aromatic amines is 1. The van der Waals surface area contributed by atoms with Crippen molar-refractivity contribution in [1.82, 2.24) is 20.5 Å². The maximum atomic E-state index is 12.5. The average Bonchev–Trinajstić information content (AvgIpc) is 2.99. The number of hydrogen-bond acceptors (Lipinski definition) is 4. The van der Waals surface area contributed by atoms with Gasteiger partial charge in [-0.3, -0.25) is 9.89 Å². The van der Waals surface area contributed by atoms with Crippen LogP contribution in [-0.2, 0) is 17.9 Å². The molecule has 0 atom stereocenters. The Hall–Kier alpha value is -2.73. The van der Waals surface area contributed by atoms with Gasteiger partial charge in [-0.05, 0) is 38.0 Å². The highest BCUT2D eigenvalue weighted by molar-refractivity contribution is 5.97. The van der Waals surface area contributed by atoms with Gasteiger partial charge in [0.15, 0.2) is 5.65 Å². The Morgan fingerprint density at radius 1 is 1.28 bits per heavy atom. The molecule has 2 aromatic heterocycles. The third kappa shape index (κ3) is 4.03. The molecule has 2 N–H and O–H groups in total. The molecule has 3 rings (SSSR count). The predicted octanol–water partition coefficient (Wildman–Crippen LogP) is 3.12. The smallest absolute Gasteiger partial charge is 0.253 e. The van der Waals surface area contributed by atoms with Crippen LogP contribution in [0.4, 0.5) is 0 Å². The number of amides is 1. The van der Waals surface area contributed by atoms with E-state index in [4.69, 9.17) is 4.74 Å². The van der Waals surface area contributed by atoms with Crippen molar-refractivity contribution in [1.29, 1.82) is 0 Å². The summed E-state index contributed by atoms with van der Waals surface area (Å²) in [5, 5.41) is 10.8. The van der Waals surface area contributed by atoms with Gasteiger partial charge in [-0.15, -0.1) is 0 Å². The zero-order chi connectivity index (χ0) is 17.8. The van der Waals surface area contributed by atoms with E-state index in [1.165, 1.54) is 0 Å². The number of nitrogens with one attached hydrogen (secondary N) is 2. The molecule has 0 radical (unpaired) electrons. The summed E-state index contributed by atoms with van der Waals surface area (Å²) in [6, 6.07) is 9.77. The molecular formula is C19H22N4O2. The minimum absolute atomic E-state index is 0.158. The van der Waals surface area contributed by atoms with Gasteiger partial charge in [0.2, 0.25) is 0 Å². The summed E-state index contributed by atoms with van der Waals surface area (Å²) in [5.74, 6) is -0.158. The molecule has 2 heterocycles. The first kappa shape index (κ1) is 17.1. The minimum Gasteiger partial charge on any atom is -0.374 e. The van der Waals surface area contributed by atoms with Gasteiger partial charge in [0.1, 0.15) is 0 Å². The summed E-state index contributed by atoms with van der Waals surface area (Å²) in [6.07, 6.45) is 1.71. The zero-order valence-corrected chi connectivity index (χ0v) is 14.7. The van der Waals surface area contributed by atoms with E-state index in [1.807, 2.05) is 51.1 Å². The monoisotopic (exact) mass is 338 g/mol. The van der Waals surface area contributed by atoms with Crippen LogP contribution in [0.25, 0.3) is 11.0 Å². The van der Waals surface area contributed by atoms with Gasteiger partial charge in [0.05, 0.1) is 18.3 Å². The largest absolute Gasteiger partial charge is 0.374 e. The van der Waals surface area contributed by atoms with Gasteiger partial charge in [-0.25, -0.2) is 4.98 Å². The molecule has 6 nitrogen and oxygen atoms in total. The molecule has 25 heavy (non-hydrogen) atoms. The summed E-state index contributed by atoms with van der Waals surface area (Å²) in [4.78, 5) is 16.7. The fourth-order valence-electron chi connectivity index (χ4n) is 2.55. The SMILES string of the molecule is Cc1[nH]nc2ncc(C(=O)NCc3ccccc3COC(C)C)cc12. The van der Waals surface area contributed by atoms with Crippen molar-refractivity contribution in [2.24, 2.45) is 0 Å². The zero-order valence-electron chi connectivity index (χ0n) is 14.7. The number of rotatable bonds is 6. The maximum absolute atomic E-state index is 12.5. The van der Waals surface area contributed by atoms with Crippen molar-refractivity contribution >= 4 is 16.9 Å². The molecule has 0 unspecified atom stereocenters. The minimum atomic E-state index is -0.158. The third-order valence-corrected chi connectivity index (χ3v) is 3.99. The van der Waals surface area contributed by atoms with Crippen LogP contribution in [0.3, 0.4) is 0 Å². The van der Waals surface area contributed by atoms with Crippen LogP contribution >= 0.6 is 0 Å². The van der Waals surface area contributed by atoms with Crippen molar-refractivity contribution in [2.75, 3.05) is 0 Å². The van der Waals surface area contributed by atoms with Crippen molar-refractivity contribution < 1.29 is 9.53 Å². The molecule has 0 bridgehead atoms. The first-order valence-electron chi connectivity index (χ1n) is 8.32. The van der Waals surface area contributed by atoms with Crippen molar-refractivity contribution in [3.8, 4) is 0 Å². The van der Waals surface area contributed by atoms with E-state index >= 15 is 0 Å². The molecule has 0 saturated heterocycles. The Morgan fingerprint density at radius 2 is 2.04 bits per heavy atom. The van der Waals surface area contributed by atoms with E-state index < -0.39 is 0 Å². The van der Waals surface area contributed by atoms with Gasteiger partial charge in [0, 0.05) is 23.8 Å². The molecule has 0 aliphatic rings. The van der Waals surface area contributed by atoms with Crippen LogP contribution in [0.5, 0.6) is 0 Å². The number of pyridine rings is 1. The number of carbonyl (C=O) groups excluding carboxylic acids is 1. The van der Waals surface area contributed by atoms with E-state index in [0.717, 1.165) is 22.2 Å². The average molecular weight is 338 g/mol. The number of hydrogen-bond donors (Lipinski definition) is 2. The van der Waals surface area contributed by atoms with E-state index in [-0.39, 0.29) is 12.0 Å². The standard InChI is InChI=1S/C19H22N4O2/c1-12(2)25-11-15-7-5-4-6-14(15)9-21-19(24)16-8-17-13(3)22-23-18(17)20-10-16/h4-8,10,12H,9,11H2,1-3H3,(H,21,24)(H,20,22,23). The second-order valence-electron chi connectivity index (χ2n) is 6.25. The Kier molecular flexibility index (Phi) is 5.09. The second kappa shape index (κ2) is 7.44. The lowest BCUT2D eigenvalue weighted by Gasteiger charge is -2.13. The van der Waals surface area contributed by atoms with E-state index in [0.29, 0.717) is 24.4 Å². The Morgan fingerprint density at radius 3 is 2.80 bits per heavy atom. The molecular weight excluding hydrogens is 316 g/mol. The summed E-state index contributed by atoms with van der Waals surface area (Å²) < 4.78 is 5.68. The molecule has 0 fully saturated rings. The number of aromatic nitrogens is 3. The fourth-order valence-corrected chi connectivity index (χ4v) is 2.55. The predicted molar refractivity (Wildman–Crippen MR) is 96.2 cm³/mol. The molecule has 0 aliphatic heterocycles. The topological polar surface area (TPSA) is 79.9 Å². The van der Waals surface area contributed by atoms with Gasteiger partial charge in [-0.1, -0.05) is 24.3 Å². The van der Waals surface area contributed by atoms with Crippen molar-refractivity contribution in [3.63, 3.8) is 0 Å². The summed E-state index contributed by atoms with van der Waals surface area (Å²) in [6.45, 7) is 6.89. The van der Waals surface area contributed by atoms with Gasteiger partial charge in [-0.2, -0.15) is 5.10 Å². The third-order valence-electron chi connectivity index (χ3n) is 3.99. The highest BCUT2D eigenvalue weighted by Crippen LogP contribution is 2.15. The summed E-state index contributed by atoms with van der Waals surface area (Å²) >= 11 is 0. The number of nitrogens with zero attached hydrogens (tertiary/aromatic N) is 2. The van der Waals surface area contributed by atoms with Crippen LogP contribution in [0.2, 0.25) is 0 Å².